The first-order valence-corrected chi connectivity index (χ1v) is 8.14. The van der Waals surface area contributed by atoms with E-state index in [1.165, 1.54) is 23.0 Å². The summed E-state index contributed by atoms with van der Waals surface area (Å²) < 4.78 is 2.28. The highest BCUT2D eigenvalue weighted by Gasteiger charge is 2.32. The summed E-state index contributed by atoms with van der Waals surface area (Å²) in [5, 5.41) is 3.70. The van der Waals surface area contributed by atoms with Crippen molar-refractivity contribution in [3.63, 3.8) is 0 Å². The molecule has 0 aromatic heterocycles. The third-order valence-electron chi connectivity index (χ3n) is 3.98. The fraction of sp³-hybridized carbons (Fsp3) is 0.571. The third kappa shape index (κ3) is 2.91. The summed E-state index contributed by atoms with van der Waals surface area (Å²) in [6, 6.07) is 6.42. The van der Waals surface area contributed by atoms with Gasteiger partial charge in [-0.15, -0.1) is 0 Å². The van der Waals surface area contributed by atoms with Crippen molar-refractivity contribution in [3.05, 3.63) is 27.1 Å². The molecule has 0 amide bonds. The van der Waals surface area contributed by atoms with Crippen molar-refractivity contribution in [1.29, 1.82) is 0 Å². The zero-order valence-corrected chi connectivity index (χ0v) is 14.1. The van der Waals surface area contributed by atoms with Gasteiger partial charge in [0.25, 0.3) is 0 Å². The van der Waals surface area contributed by atoms with Crippen LogP contribution in [0.15, 0.2) is 27.1 Å². The molecule has 18 heavy (non-hydrogen) atoms. The highest BCUT2D eigenvalue weighted by atomic mass is 79.9. The van der Waals surface area contributed by atoms with Gasteiger partial charge in [0.1, 0.15) is 0 Å². The normalized spacial score (nSPS) is 19.0. The van der Waals surface area contributed by atoms with Gasteiger partial charge in [0, 0.05) is 34.1 Å². The molecule has 0 radical (unpaired) electrons. The van der Waals surface area contributed by atoms with Crippen molar-refractivity contribution in [2.75, 3.05) is 24.5 Å². The lowest BCUT2D eigenvalue weighted by Crippen LogP contribution is -2.60. The average molecular weight is 376 g/mol. The molecule has 1 N–H and O–H groups in total. The van der Waals surface area contributed by atoms with E-state index in [9.17, 15) is 0 Å². The second-order valence-corrected chi connectivity index (χ2v) is 6.70. The highest BCUT2D eigenvalue weighted by molar-refractivity contribution is 9.11. The summed E-state index contributed by atoms with van der Waals surface area (Å²) in [4.78, 5) is 2.49. The summed E-state index contributed by atoms with van der Waals surface area (Å²) >= 11 is 7.18. The van der Waals surface area contributed by atoms with Gasteiger partial charge in [-0.05, 0) is 47.0 Å². The van der Waals surface area contributed by atoms with Crippen molar-refractivity contribution >= 4 is 37.5 Å². The number of hydrogen-bond acceptors (Lipinski definition) is 2. The highest BCUT2D eigenvalue weighted by Crippen LogP contribution is 2.32. The van der Waals surface area contributed by atoms with Gasteiger partial charge in [0.2, 0.25) is 0 Å². The predicted octanol–water partition coefficient (Wildman–Crippen LogP) is 4.18. The minimum absolute atomic E-state index is 0.269. The molecule has 0 saturated carbocycles. The maximum atomic E-state index is 3.70. The number of piperazine rings is 1. The van der Waals surface area contributed by atoms with Crippen molar-refractivity contribution in [1.82, 2.24) is 5.32 Å². The van der Waals surface area contributed by atoms with E-state index < -0.39 is 0 Å². The molecule has 1 aromatic carbocycles. The molecule has 1 saturated heterocycles. The van der Waals surface area contributed by atoms with E-state index in [1.54, 1.807) is 0 Å². The van der Waals surface area contributed by atoms with Crippen LogP contribution in [0.5, 0.6) is 0 Å². The molecule has 1 heterocycles. The van der Waals surface area contributed by atoms with Crippen LogP contribution in [0.25, 0.3) is 0 Å². The summed E-state index contributed by atoms with van der Waals surface area (Å²) in [7, 11) is 0. The number of anilines is 1. The van der Waals surface area contributed by atoms with Crippen LogP contribution in [0.4, 0.5) is 5.69 Å². The Hall–Kier alpha value is -0.0600. The monoisotopic (exact) mass is 374 g/mol. The summed E-state index contributed by atoms with van der Waals surface area (Å²) in [5.41, 5.74) is 1.57. The molecular formula is C14H20Br2N2. The molecule has 2 rings (SSSR count). The Morgan fingerprint density at radius 3 is 2.61 bits per heavy atom. The minimum atomic E-state index is 0.269. The predicted molar refractivity (Wildman–Crippen MR) is 85.4 cm³/mol. The minimum Gasteiger partial charge on any atom is -0.367 e. The van der Waals surface area contributed by atoms with Crippen LogP contribution < -0.4 is 10.2 Å². The van der Waals surface area contributed by atoms with E-state index in [2.05, 4.69) is 74.1 Å². The Labute approximate surface area is 126 Å². The van der Waals surface area contributed by atoms with Crippen LogP contribution in [0.1, 0.15) is 26.7 Å². The van der Waals surface area contributed by atoms with Gasteiger partial charge >= 0.3 is 0 Å². The topological polar surface area (TPSA) is 15.3 Å². The van der Waals surface area contributed by atoms with Crippen LogP contribution >= 0.6 is 31.9 Å². The first-order chi connectivity index (χ1) is 8.60. The zero-order valence-electron chi connectivity index (χ0n) is 11.0. The summed E-state index contributed by atoms with van der Waals surface area (Å²) in [5.74, 6) is 0. The van der Waals surface area contributed by atoms with Gasteiger partial charge in [-0.2, -0.15) is 0 Å². The number of nitrogens with one attached hydrogen (secondary N) is 1. The van der Waals surface area contributed by atoms with Gasteiger partial charge in [-0.3, -0.25) is 0 Å². The number of rotatable bonds is 3. The molecule has 1 fully saturated rings. The van der Waals surface area contributed by atoms with Crippen molar-refractivity contribution in [3.8, 4) is 0 Å². The van der Waals surface area contributed by atoms with Crippen molar-refractivity contribution in [2.45, 2.75) is 32.2 Å². The lowest BCUT2D eigenvalue weighted by Gasteiger charge is -2.44. The Bertz CT molecular complexity index is 416. The lowest BCUT2D eigenvalue weighted by atomic mass is 9.90. The largest absolute Gasteiger partial charge is 0.367 e. The molecule has 1 aliphatic rings. The van der Waals surface area contributed by atoms with Crippen molar-refractivity contribution < 1.29 is 0 Å². The number of nitrogens with zero attached hydrogens (tertiary/aromatic N) is 1. The fourth-order valence-electron chi connectivity index (χ4n) is 2.62. The Balaban J connectivity index is 2.23. The zero-order chi connectivity index (χ0) is 13.2. The SMILES string of the molecule is CCC1(CC)CN(c2ccc(Br)cc2Br)CCN1. The molecule has 100 valence electrons. The smallest absolute Gasteiger partial charge is 0.0512 e. The molecular weight excluding hydrogens is 356 g/mol. The maximum absolute atomic E-state index is 3.70. The number of halogens is 2. The third-order valence-corrected chi connectivity index (χ3v) is 5.11. The van der Waals surface area contributed by atoms with E-state index in [4.69, 9.17) is 0 Å². The van der Waals surface area contributed by atoms with Crippen LogP contribution in [0.2, 0.25) is 0 Å². The number of hydrogen-bond donors (Lipinski definition) is 1. The Kier molecular flexibility index (Phi) is 4.73. The molecule has 1 aromatic rings. The van der Waals surface area contributed by atoms with Gasteiger partial charge in [0.15, 0.2) is 0 Å². The second-order valence-electron chi connectivity index (χ2n) is 4.93. The summed E-state index contributed by atoms with van der Waals surface area (Å²) in [6.07, 6.45) is 2.35. The van der Waals surface area contributed by atoms with Gasteiger partial charge in [0.05, 0.1) is 5.69 Å². The molecule has 0 aliphatic carbocycles. The van der Waals surface area contributed by atoms with E-state index in [1.807, 2.05) is 0 Å². The van der Waals surface area contributed by atoms with Gasteiger partial charge < -0.3 is 10.2 Å². The molecule has 0 bridgehead atoms. The standard InChI is InChI=1S/C14H20Br2N2/c1-3-14(4-2)10-18(8-7-17-14)13-6-5-11(15)9-12(13)16/h5-6,9,17H,3-4,7-8,10H2,1-2H3. The van der Waals surface area contributed by atoms with E-state index >= 15 is 0 Å². The molecule has 1 aliphatic heterocycles. The van der Waals surface area contributed by atoms with Gasteiger partial charge in [-0.1, -0.05) is 29.8 Å². The average Bonchev–Trinajstić information content (AvgIpc) is 2.38. The van der Waals surface area contributed by atoms with Crippen LogP contribution in [0.3, 0.4) is 0 Å². The first kappa shape index (κ1) is 14.4. The molecule has 2 nitrogen and oxygen atoms in total. The van der Waals surface area contributed by atoms with Crippen LogP contribution in [0, 0.1) is 0 Å². The molecule has 0 unspecified atom stereocenters. The number of benzene rings is 1. The molecule has 0 spiro atoms. The lowest BCUT2D eigenvalue weighted by molar-refractivity contribution is 0.277. The van der Waals surface area contributed by atoms with Crippen LogP contribution in [-0.4, -0.2) is 25.2 Å². The van der Waals surface area contributed by atoms with E-state index in [-0.39, 0.29) is 5.54 Å². The van der Waals surface area contributed by atoms with Crippen molar-refractivity contribution in [2.24, 2.45) is 0 Å². The van der Waals surface area contributed by atoms with Gasteiger partial charge in [-0.25, -0.2) is 0 Å². The molecule has 0 atom stereocenters. The first-order valence-electron chi connectivity index (χ1n) is 6.55. The maximum Gasteiger partial charge on any atom is 0.0512 e. The Morgan fingerprint density at radius 1 is 1.28 bits per heavy atom. The van der Waals surface area contributed by atoms with E-state index in [0.29, 0.717) is 0 Å². The van der Waals surface area contributed by atoms with E-state index in [0.717, 1.165) is 24.1 Å². The second kappa shape index (κ2) is 5.93. The quantitative estimate of drug-likeness (QED) is 0.852. The summed E-state index contributed by atoms with van der Waals surface area (Å²) in [6.45, 7) is 7.76. The Morgan fingerprint density at radius 2 is 2.00 bits per heavy atom. The van der Waals surface area contributed by atoms with Crippen LogP contribution in [-0.2, 0) is 0 Å². The fourth-order valence-corrected chi connectivity index (χ4v) is 3.92. The molecule has 4 heteroatoms.